The highest BCUT2D eigenvalue weighted by Crippen LogP contribution is 2.25. The smallest absolute Gasteiger partial charge is 0.150 e. The number of sulfone groups is 1. The summed E-state index contributed by atoms with van der Waals surface area (Å²) in [5, 5.41) is 3.58. The Kier molecular flexibility index (Phi) is 5.82. The van der Waals surface area contributed by atoms with Crippen LogP contribution in [0, 0.1) is 6.92 Å². The second kappa shape index (κ2) is 7.41. The van der Waals surface area contributed by atoms with Crippen LogP contribution in [0.2, 0.25) is 0 Å². The van der Waals surface area contributed by atoms with Crippen molar-refractivity contribution in [2.75, 3.05) is 18.1 Å². The molecular weight excluding hydrogens is 282 g/mol. The summed E-state index contributed by atoms with van der Waals surface area (Å²) < 4.78 is 23.2. The summed E-state index contributed by atoms with van der Waals surface area (Å²) in [6.45, 7) is 4.77. The standard InChI is InChI=1S/C17H27NO2S/c1-3-21(19,20)12-4-5-16(13-18-17-10-11-17)15-8-6-14(2)7-9-15/h6-9,16-18H,3-5,10-13H2,1-2H3. The molecule has 1 fully saturated rings. The van der Waals surface area contributed by atoms with Gasteiger partial charge >= 0.3 is 0 Å². The van der Waals surface area contributed by atoms with Gasteiger partial charge in [0.15, 0.2) is 0 Å². The van der Waals surface area contributed by atoms with Gasteiger partial charge in [-0.3, -0.25) is 0 Å². The molecule has 0 radical (unpaired) electrons. The van der Waals surface area contributed by atoms with E-state index < -0.39 is 9.84 Å². The summed E-state index contributed by atoms with van der Waals surface area (Å²) >= 11 is 0. The molecule has 1 N–H and O–H groups in total. The largest absolute Gasteiger partial charge is 0.313 e. The van der Waals surface area contributed by atoms with Gasteiger partial charge in [-0.25, -0.2) is 8.42 Å². The van der Waals surface area contributed by atoms with E-state index in [-0.39, 0.29) is 5.75 Å². The Morgan fingerprint density at radius 3 is 2.48 bits per heavy atom. The lowest BCUT2D eigenvalue weighted by Gasteiger charge is -2.18. The highest BCUT2D eigenvalue weighted by atomic mass is 32.2. The van der Waals surface area contributed by atoms with E-state index >= 15 is 0 Å². The number of benzene rings is 1. The molecule has 0 amide bonds. The molecule has 1 unspecified atom stereocenters. The van der Waals surface area contributed by atoms with Crippen LogP contribution < -0.4 is 5.32 Å². The zero-order valence-electron chi connectivity index (χ0n) is 13.1. The molecular formula is C17H27NO2S. The van der Waals surface area contributed by atoms with E-state index in [4.69, 9.17) is 0 Å². The van der Waals surface area contributed by atoms with Crippen LogP contribution in [0.3, 0.4) is 0 Å². The molecule has 0 heterocycles. The molecule has 0 bridgehead atoms. The second-order valence-electron chi connectivity index (χ2n) is 6.17. The predicted molar refractivity (Wildman–Crippen MR) is 88.5 cm³/mol. The van der Waals surface area contributed by atoms with E-state index in [2.05, 4.69) is 36.5 Å². The first-order valence-corrected chi connectivity index (χ1v) is 9.82. The van der Waals surface area contributed by atoms with E-state index in [1.165, 1.54) is 24.0 Å². The maximum absolute atomic E-state index is 11.6. The average Bonchev–Trinajstić information content (AvgIpc) is 3.28. The van der Waals surface area contributed by atoms with Crippen LogP contribution in [0.25, 0.3) is 0 Å². The molecule has 0 aromatic heterocycles. The van der Waals surface area contributed by atoms with Gasteiger partial charge < -0.3 is 5.32 Å². The lowest BCUT2D eigenvalue weighted by molar-refractivity contribution is 0.537. The molecule has 1 atom stereocenters. The summed E-state index contributed by atoms with van der Waals surface area (Å²) in [4.78, 5) is 0. The summed E-state index contributed by atoms with van der Waals surface area (Å²) in [5.74, 6) is 0.982. The number of rotatable bonds is 9. The fourth-order valence-electron chi connectivity index (χ4n) is 2.52. The molecule has 0 saturated heterocycles. The van der Waals surface area contributed by atoms with Crippen molar-refractivity contribution in [2.45, 2.75) is 51.5 Å². The van der Waals surface area contributed by atoms with Crippen molar-refractivity contribution in [2.24, 2.45) is 0 Å². The monoisotopic (exact) mass is 309 g/mol. The number of nitrogens with one attached hydrogen (secondary N) is 1. The van der Waals surface area contributed by atoms with Gasteiger partial charge in [0.1, 0.15) is 9.84 Å². The van der Waals surface area contributed by atoms with Gasteiger partial charge in [-0.2, -0.15) is 0 Å². The molecule has 1 aromatic carbocycles. The number of hydrogen-bond donors (Lipinski definition) is 1. The Morgan fingerprint density at radius 2 is 1.90 bits per heavy atom. The van der Waals surface area contributed by atoms with E-state index in [9.17, 15) is 8.42 Å². The van der Waals surface area contributed by atoms with Crippen molar-refractivity contribution in [1.29, 1.82) is 0 Å². The van der Waals surface area contributed by atoms with Crippen LogP contribution in [0.4, 0.5) is 0 Å². The lowest BCUT2D eigenvalue weighted by atomic mass is 9.93. The van der Waals surface area contributed by atoms with E-state index in [1.807, 2.05) is 0 Å². The highest BCUT2D eigenvalue weighted by Gasteiger charge is 2.22. The molecule has 1 aliphatic carbocycles. The molecule has 2 rings (SSSR count). The van der Waals surface area contributed by atoms with Gasteiger partial charge in [0, 0.05) is 18.3 Å². The van der Waals surface area contributed by atoms with Crippen LogP contribution >= 0.6 is 0 Å². The first kappa shape index (κ1) is 16.5. The summed E-state index contributed by atoms with van der Waals surface area (Å²) in [5.41, 5.74) is 2.59. The van der Waals surface area contributed by atoms with Crippen LogP contribution in [-0.4, -0.2) is 32.5 Å². The molecule has 21 heavy (non-hydrogen) atoms. The maximum atomic E-state index is 11.6. The summed E-state index contributed by atoms with van der Waals surface area (Å²) in [6.07, 6.45) is 4.25. The third-order valence-corrected chi connectivity index (χ3v) is 6.02. The fourth-order valence-corrected chi connectivity index (χ4v) is 3.41. The molecule has 1 aromatic rings. The lowest BCUT2D eigenvalue weighted by Crippen LogP contribution is -2.24. The minimum atomic E-state index is -2.84. The number of hydrogen-bond acceptors (Lipinski definition) is 3. The molecule has 4 heteroatoms. The first-order valence-electron chi connectivity index (χ1n) is 8.00. The molecule has 0 spiro atoms. The third kappa shape index (κ3) is 5.79. The Balaban J connectivity index is 1.92. The van der Waals surface area contributed by atoms with Gasteiger partial charge in [0.2, 0.25) is 0 Å². The second-order valence-corrected chi connectivity index (χ2v) is 8.64. The Bertz CT molecular complexity index is 532. The topological polar surface area (TPSA) is 46.2 Å². The quantitative estimate of drug-likeness (QED) is 0.762. The van der Waals surface area contributed by atoms with Crippen molar-refractivity contribution in [1.82, 2.24) is 5.32 Å². The zero-order chi connectivity index (χ0) is 15.3. The molecule has 0 aliphatic heterocycles. The van der Waals surface area contributed by atoms with Crippen molar-refractivity contribution in [3.8, 4) is 0 Å². The Hall–Kier alpha value is -0.870. The van der Waals surface area contributed by atoms with Crippen LogP contribution in [0.15, 0.2) is 24.3 Å². The summed E-state index contributed by atoms with van der Waals surface area (Å²) in [7, 11) is -2.84. The van der Waals surface area contributed by atoms with Crippen LogP contribution in [0.1, 0.15) is 49.7 Å². The van der Waals surface area contributed by atoms with Crippen LogP contribution in [-0.2, 0) is 9.84 Å². The molecule has 3 nitrogen and oxygen atoms in total. The fraction of sp³-hybridized carbons (Fsp3) is 0.647. The Labute approximate surface area is 129 Å². The molecule has 1 saturated carbocycles. The Morgan fingerprint density at radius 1 is 1.24 bits per heavy atom. The third-order valence-electron chi connectivity index (χ3n) is 4.23. The van der Waals surface area contributed by atoms with Crippen LogP contribution in [0.5, 0.6) is 0 Å². The number of aryl methyl sites for hydroxylation is 1. The minimum Gasteiger partial charge on any atom is -0.313 e. The van der Waals surface area contributed by atoms with Gasteiger partial charge in [-0.05, 0) is 44.1 Å². The minimum absolute atomic E-state index is 0.253. The van der Waals surface area contributed by atoms with E-state index in [0.29, 0.717) is 17.7 Å². The predicted octanol–water partition coefficient (Wildman–Crippen LogP) is 3.05. The normalized spacial score (nSPS) is 16.9. The van der Waals surface area contributed by atoms with Crippen molar-refractivity contribution >= 4 is 9.84 Å². The summed E-state index contributed by atoms with van der Waals surface area (Å²) in [6, 6.07) is 9.34. The van der Waals surface area contributed by atoms with Crippen molar-refractivity contribution in [3.63, 3.8) is 0 Å². The average molecular weight is 309 g/mol. The SMILES string of the molecule is CCS(=O)(=O)CCCC(CNC1CC1)c1ccc(C)cc1. The van der Waals surface area contributed by atoms with E-state index in [0.717, 1.165) is 19.4 Å². The molecule has 1 aliphatic rings. The van der Waals surface area contributed by atoms with Gasteiger partial charge in [0.05, 0.1) is 5.75 Å². The van der Waals surface area contributed by atoms with Gasteiger partial charge in [-0.15, -0.1) is 0 Å². The zero-order valence-corrected chi connectivity index (χ0v) is 14.0. The van der Waals surface area contributed by atoms with E-state index in [1.54, 1.807) is 6.92 Å². The highest BCUT2D eigenvalue weighted by molar-refractivity contribution is 7.91. The van der Waals surface area contributed by atoms with Crippen molar-refractivity contribution < 1.29 is 8.42 Å². The maximum Gasteiger partial charge on any atom is 0.150 e. The van der Waals surface area contributed by atoms with Crippen molar-refractivity contribution in [3.05, 3.63) is 35.4 Å². The van der Waals surface area contributed by atoms with Gasteiger partial charge in [0.25, 0.3) is 0 Å². The molecule has 118 valence electrons. The van der Waals surface area contributed by atoms with Gasteiger partial charge in [-0.1, -0.05) is 36.8 Å². The first-order chi connectivity index (χ1) is 10.00.